The van der Waals surface area contributed by atoms with Crippen molar-refractivity contribution in [1.82, 2.24) is 34.8 Å². The monoisotopic (exact) mass is 434 g/mol. The molecule has 5 rings (SSSR count). The molecule has 166 valence electrons. The molecule has 0 unspecified atom stereocenters. The Morgan fingerprint density at radius 2 is 2.09 bits per heavy atom. The number of ether oxygens (including phenoxy) is 1. The topological polar surface area (TPSA) is 114 Å². The lowest BCUT2D eigenvalue weighted by atomic mass is 9.66. The van der Waals surface area contributed by atoms with E-state index in [2.05, 4.69) is 30.6 Å². The first-order valence-electron chi connectivity index (χ1n) is 10.5. The molecule has 1 aliphatic carbocycles. The Labute approximate surface area is 185 Å². The molecule has 0 bridgehead atoms. The number of H-pyrrole nitrogens is 1. The highest BCUT2D eigenvalue weighted by Gasteiger charge is 2.47. The molecule has 1 aliphatic rings. The van der Waals surface area contributed by atoms with E-state index in [-0.39, 0.29) is 17.4 Å². The highest BCUT2D eigenvalue weighted by atomic mass is 16.5. The molecule has 0 spiro atoms. The van der Waals surface area contributed by atoms with Gasteiger partial charge in [0.25, 0.3) is 0 Å². The van der Waals surface area contributed by atoms with E-state index in [1.165, 1.54) is 0 Å². The van der Waals surface area contributed by atoms with Gasteiger partial charge in [0.15, 0.2) is 0 Å². The van der Waals surface area contributed by atoms with Crippen LogP contribution in [-0.4, -0.2) is 68.0 Å². The van der Waals surface area contributed by atoms with Crippen LogP contribution in [0.25, 0.3) is 33.2 Å². The second-order valence-corrected chi connectivity index (χ2v) is 8.91. The number of aromatic nitrogens is 6. The Hall–Kier alpha value is -3.69. The molecule has 1 saturated carbocycles. The number of amides is 1. The largest absolute Gasteiger partial charge is 0.480 e. The van der Waals surface area contributed by atoms with E-state index in [1.54, 1.807) is 30.8 Å². The number of rotatable bonds is 5. The molecule has 1 aromatic carbocycles. The lowest BCUT2D eigenvalue weighted by Crippen LogP contribution is -2.52. The summed E-state index contributed by atoms with van der Waals surface area (Å²) in [7, 11) is 7.06. The van der Waals surface area contributed by atoms with Crippen LogP contribution in [0.4, 0.5) is 5.95 Å². The fourth-order valence-corrected chi connectivity index (χ4v) is 4.67. The summed E-state index contributed by atoms with van der Waals surface area (Å²) in [6.07, 6.45) is 3.39. The number of anilines is 1. The molecule has 0 aliphatic heterocycles. The Kier molecular flexibility index (Phi) is 4.54. The van der Waals surface area contributed by atoms with E-state index in [1.807, 2.05) is 38.4 Å². The molecule has 0 atom stereocenters. The Morgan fingerprint density at radius 1 is 1.31 bits per heavy atom. The van der Waals surface area contributed by atoms with Crippen molar-refractivity contribution in [2.45, 2.75) is 25.8 Å². The number of benzene rings is 1. The van der Waals surface area contributed by atoms with Gasteiger partial charge in [-0.1, -0.05) is 18.2 Å². The third-order valence-corrected chi connectivity index (χ3v) is 6.26. The maximum Gasteiger partial charge on any atom is 0.228 e. The third-order valence-electron chi connectivity index (χ3n) is 6.26. The number of nitrogens with zero attached hydrogens (tertiary/aromatic N) is 6. The van der Waals surface area contributed by atoms with Gasteiger partial charge < -0.3 is 19.9 Å². The number of methoxy groups -OCH3 is 1. The summed E-state index contributed by atoms with van der Waals surface area (Å²) in [5.74, 6) is 1.13. The number of hydrogen-bond acceptors (Lipinski definition) is 7. The predicted molar refractivity (Wildman–Crippen MR) is 121 cm³/mol. The Balaban J connectivity index is 1.44. The normalized spacial score (nSPS) is 20.3. The molecule has 4 aromatic rings. The quantitative estimate of drug-likeness (QED) is 0.496. The van der Waals surface area contributed by atoms with Crippen LogP contribution in [-0.2, 0) is 11.8 Å². The molecule has 3 aromatic heterocycles. The summed E-state index contributed by atoms with van der Waals surface area (Å²) in [6, 6.07) is 6.13. The van der Waals surface area contributed by atoms with E-state index < -0.39 is 0 Å². The highest BCUT2D eigenvalue weighted by Crippen LogP contribution is 2.43. The number of fused-ring (bicyclic) bond motifs is 2. The summed E-state index contributed by atoms with van der Waals surface area (Å²) < 4.78 is 7.37. The van der Waals surface area contributed by atoms with E-state index in [9.17, 15) is 4.79 Å². The molecule has 1 amide bonds. The summed E-state index contributed by atoms with van der Waals surface area (Å²) in [4.78, 5) is 26.6. The van der Waals surface area contributed by atoms with Crippen molar-refractivity contribution in [1.29, 1.82) is 0 Å². The fraction of sp³-hybridized carbons (Fsp3) is 0.409. The van der Waals surface area contributed by atoms with Crippen molar-refractivity contribution in [3.05, 3.63) is 24.4 Å². The number of hydrogen-bond donors (Lipinski definition) is 2. The average molecular weight is 435 g/mol. The second kappa shape index (κ2) is 7.18. The van der Waals surface area contributed by atoms with E-state index >= 15 is 0 Å². The van der Waals surface area contributed by atoms with Crippen LogP contribution < -0.4 is 10.1 Å². The maximum absolute atomic E-state index is 12.4. The number of carbonyl (C=O) groups excluding carboxylic acids is 1. The van der Waals surface area contributed by atoms with Gasteiger partial charge in [-0.15, -0.1) is 5.10 Å². The maximum atomic E-state index is 12.4. The number of aryl methyl sites for hydroxylation is 1. The lowest BCUT2D eigenvalue weighted by Gasteiger charge is -2.45. The van der Waals surface area contributed by atoms with Gasteiger partial charge in [-0.05, 0) is 30.5 Å². The minimum Gasteiger partial charge on any atom is -0.480 e. The summed E-state index contributed by atoms with van der Waals surface area (Å²) >= 11 is 0. The van der Waals surface area contributed by atoms with Gasteiger partial charge in [-0.25, -0.2) is 4.68 Å². The zero-order valence-corrected chi connectivity index (χ0v) is 18.8. The Bertz CT molecular complexity index is 1330. The zero-order valence-electron chi connectivity index (χ0n) is 18.8. The van der Waals surface area contributed by atoms with Crippen LogP contribution in [0.5, 0.6) is 5.88 Å². The molecule has 0 radical (unpaired) electrons. The molecule has 3 heterocycles. The van der Waals surface area contributed by atoms with Crippen LogP contribution in [0.2, 0.25) is 0 Å². The van der Waals surface area contributed by atoms with Crippen molar-refractivity contribution in [3.8, 4) is 17.0 Å². The van der Waals surface area contributed by atoms with Crippen LogP contribution in [0.15, 0.2) is 24.4 Å². The van der Waals surface area contributed by atoms with Crippen molar-refractivity contribution in [3.63, 3.8) is 0 Å². The van der Waals surface area contributed by atoms with Crippen LogP contribution >= 0.6 is 0 Å². The fourth-order valence-electron chi connectivity index (χ4n) is 4.67. The van der Waals surface area contributed by atoms with E-state index in [4.69, 9.17) is 4.74 Å². The summed E-state index contributed by atoms with van der Waals surface area (Å²) in [5.41, 5.74) is 4.06. The SMILES string of the molecule is COc1nc(N[C@H]2C[C@](C)(C(=O)N(C)C)C2)nc2[nH]cc(-c3ccc4nnn(C)c4c3)c12. The molecule has 1 fully saturated rings. The first kappa shape index (κ1) is 20.2. The van der Waals surface area contributed by atoms with Gasteiger partial charge in [0.2, 0.25) is 17.7 Å². The molecule has 10 nitrogen and oxygen atoms in total. The molecular formula is C22H26N8O2. The predicted octanol–water partition coefficient (Wildman–Crippen LogP) is 2.58. The van der Waals surface area contributed by atoms with Gasteiger partial charge in [0.1, 0.15) is 11.2 Å². The minimum absolute atomic E-state index is 0.139. The van der Waals surface area contributed by atoms with Gasteiger partial charge >= 0.3 is 0 Å². The van der Waals surface area contributed by atoms with E-state index in [0.29, 0.717) is 17.5 Å². The van der Waals surface area contributed by atoms with Crippen molar-refractivity contribution in [2.75, 3.05) is 26.5 Å². The summed E-state index contributed by atoms with van der Waals surface area (Å²) in [5, 5.41) is 12.4. The first-order valence-corrected chi connectivity index (χ1v) is 10.5. The molecule has 0 saturated heterocycles. The van der Waals surface area contributed by atoms with Gasteiger partial charge in [-0.3, -0.25) is 4.79 Å². The smallest absolute Gasteiger partial charge is 0.228 e. The van der Waals surface area contributed by atoms with Crippen LogP contribution in [0.1, 0.15) is 19.8 Å². The average Bonchev–Trinajstić information content (AvgIpc) is 3.34. The number of nitrogens with one attached hydrogen (secondary N) is 2. The summed E-state index contributed by atoms with van der Waals surface area (Å²) in [6.45, 7) is 2.00. The van der Waals surface area contributed by atoms with Gasteiger partial charge in [0.05, 0.1) is 23.4 Å². The molecule has 10 heteroatoms. The number of carbonyl (C=O) groups is 1. The molecule has 32 heavy (non-hydrogen) atoms. The van der Waals surface area contributed by atoms with Crippen molar-refractivity contribution < 1.29 is 9.53 Å². The van der Waals surface area contributed by atoms with Gasteiger partial charge in [-0.2, -0.15) is 9.97 Å². The van der Waals surface area contributed by atoms with Crippen molar-refractivity contribution >= 4 is 33.9 Å². The minimum atomic E-state index is -0.339. The zero-order chi connectivity index (χ0) is 22.6. The van der Waals surface area contributed by atoms with E-state index in [0.717, 1.165) is 40.4 Å². The van der Waals surface area contributed by atoms with Gasteiger partial charge in [0, 0.05) is 38.9 Å². The molecular weight excluding hydrogens is 408 g/mol. The molecule has 2 N–H and O–H groups in total. The lowest BCUT2D eigenvalue weighted by molar-refractivity contribution is -0.143. The highest BCUT2D eigenvalue weighted by molar-refractivity contribution is 5.99. The Morgan fingerprint density at radius 3 is 2.81 bits per heavy atom. The van der Waals surface area contributed by atoms with Crippen LogP contribution in [0, 0.1) is 5.41 Å². The first-order chi connectivity index (χ1) is 15.3. The standard InChI is InChI=1S/C22H26N8O2/c1-22(20(31)29(2)3)9-13(10-22)24-21-25-18-17(19(26-21)32-5)14(11-23-18)12-6-7-15-16(8-12)30(4)28-27-15/h6-8,11,13H,9-10H2,1-5H3,(H2,23,24,25,26)/t13-,22-. The second-order valence-electron chi connectivity index (χ2n) is 8.91. The number of aromatic amines is 1. The third kappa shape index (κ3) is 3.14. The van der Waals surface area contributed by atoms with Crippen molar-refractivity contribution in [2.24, 2.45) is 12.5 Å². The van der Waals surface area contributed by atoms with Crippen LogP contribution in [0.3, 0.4) is 0 Å².